The predicted molar refractivity (Wildman–Crippen MR) is 91.0 cm³/mol. The van der Waals surface area contributed by atoms with Crippen molar-refractivity contribution < 1.29 is 9.53 Å². The third kappa shape index (κ3) is 3.13. The topological polar surface area (TPSA) is 81.2 Å². The van der Waals surface area contributed by atoms with Crippen molar-refractivity contribution in [3.8, 4) is 0 Å². The molecule has 0 amide bonds. The number of H-pyrrole nitrogens is 1. The Morgan fingerprint density at radius 1 is 1.25 bits per heavy atom. The number of benzene rings is 1. The normalized spacial score (nSPS) is 20.9. The highest BCUT2D eigenvalue weighted by Gasteiger charge is 2.27. The Labute approximate surface area is 139 Å². The number of hydrogen-bond acceptors (Lipinski definition) is 4. The Bertz CT molecular complexity index is 873. The standard InChI is InChI=1S/C18H22N2O4/c1-11-3-8-15-14(9-11)16(21)20(18(23)19-15)10-12-4-6-13(7-5-12)17(22)24-2/h3,8-9,12-13H,4-7,10H2,1-2H3,(H,19,23)/t12-,13-. The van der Waals surface area contributed by atoms with Crippen LogP contribution in [0.5, 0.6) is 0 Å². The molecule has 1 fully saturated rings. The molecule has 6 heteroatoms. The number of hydrogen-bond donors (Lipinski definition) is 1. The first kappa shape index (κ1) is 16.5. The summed E-state index contributed by atoms with van der Waals surface area (Å²) in [4.78, 5) is 39.3. The number of aryl methyl sites for hydroxylation is 1. The van der Waals surface area contributed by atoms with E-state index in [1.807, 2.05) is 13.0 Å². The maximum Gasteiger partial charge on any atom is 0.328 e. The van der Waals surface area contributed by atoms with Crippen LogP contribution in [-0.2, 0) is 16.1 Å². The van der Waals surface area contributed by atoms with Gasteiger partial charge in [-0.15, -0.1) is 0 Å². The van der Waals surface area contributed by atoms with E-state index >= 15 is 0 Å². The minimum Gasteiger partial charge on any atom is -0.469 e. The van der Waals surface area contributed by atoms with Crippen molar-refractivity contribution in [2.24, 2.45) is 11.8 Å². The predicted octanol–water partition coefficient (Wildman–Crippen LogP) is 1.98. The summed E-state index contributed by atoms with van der Waals surface area (Å²) < 4.78 is 6.09. The summed E-state index contributed by atoms with van der Waals surface area (Å²) >= 11 is 0. The van der Waals surface area contributed by atoms with Crippen LogP contribution in [0.4, 0.5) is 0 Å². The number of esters is 1. The van der Waals surface area contributed by atoms with Gasteiger partial charge in [-0.25, -0.2) is 4.79 Å². The minimum absolute atomic E-state index is 0.0551. The molecule has 2 aromatic rings. The fraction of sp³-hybridized carbons (Fsp3) is 0.500. The number of aromatic amines is 1. The lowest BCUT2D eigenvalue weighted by Gasteiger charge is -2.27. The monoisotopic (exact) mass is 330 g/mol. The molecule has 1 heterocycles. The van der Waals surface area contributed by atoms with E-state index < -0.39 is 0 Å². The van der Waals surface area contributed by atoms with E-state index in [4.69, 9.17) is 4.74 Å². The van der Waals surface area contributed by atoms with Gasteiger partial charge in [0.25, 0.3) is 5.56 Å². The molecule has 1 N–H and O–H groups in total. The fourth-order valence-electron chi connectivity index (χ4n) is 3.54. The first-order chi connectivity index (χ1) is 11.5. The zero-order chi connectivity index (χ0) is 17.3. The van der Waals surface area contributed by atoms with E-state index in [2.05, 4.69) is 4.98 Å². The number of nitrogens with one attached hydrogen (secondary N) is 1. The summed E-state index contributed by atoms with van der Waals surface area (Å²) in [5.41, 5.74) is 0.942. The van der Waals surface area contributed by atoms with Gasteiger partial charge >= 0.3 is 11.7 Å². The zero-order valence-corrected chi connectivity index (χ0v) is 14.0. The second kappa shape index (κ2) is 6.63. The maximum absolute atomic E-state index is 12.7. The lowest BCUT2D eigenvalue weighted by molar-refractivity contribution is -0.146. The first-order valence-electron chi connectivity index (χ1n) is 8.31. The van der Waals surface area contributed by atoms with Gasteiger partial charge in [-0.2, -0.15) is 0 Å². The molecule has 1 aliphatic carbocycles. The number of methoxy groups -OCH3 is 1. The van der Waals surface area contributed by atoms with Crippen molar-refractivity contribution >= 4 is 16.9 Å². The summed E-state index contributed by atoms with van der Waals surface area (Å²) in [5.74, 6) is 0.0112. The lowest BCUT2D eigenvalue weighted by Crippen LogP contribution is -2.38. The highest BCUT2D eigenvalue weighted by molar-refractivity contribution is 5.77. The van der Waals surface area contributed by atoms with Gasteiger partial charge in [0.2, 0.25) is 0 Å². The van der Waals surface area contributed by atoms with Crippen LogP contribution in [-0.4, -0.2) is 22.6 Å². The summed E-state index contributed by atoms with van der Waals surface area (Å²) in [6, 6.07) is 5.44. The number of carbonyl (C=O) groups excluding carboxylic acids is 1. The molecule has 128 valence electrons. The van der Waals surface area contributed by atoms with Gasteiger partial charge in [0.05, 0.1) is 23.9 Å². The van der Waals surface area contributed by atoms with E-state index in [1.165, 1.54) is 11.7 Å². The summed E-state index contributed by atoms with van der Waals surface area (Å²) in [5, 5.41) is 0.540. The highest BCUT2D eigenvalue weighted by atomic mass is 16.5. The van der Waals surface area contributed by atoms with Crippen LogP contribution in [0.1, 0.15) is 31.2 Å². The molecule has 1 aromatic carbocycles. The lowest BCUT2D eigenvalue weighted by atomic mass is 9.82. The number of carbonyl (C=O) groups is 1. The molecule has 0 spiro atoms. The van der Waals surface area contributed by atoms with Crippen LogP contribution in [0.2, 0.25) is 0 Å². The molecule has 6 nitrogen and oxygen atoms in total. The van der Waals surface area contributed by atoms with Crippen LogP contribution in [0, 0.1) is 18.8 Å². The van der Waals surface area contributed by atoms with Crippen molar-refractivity contribution in [2.75, 3.05) is 7.11 Å². The van der Waals surface area contributed by atoms with Gasteiger partial charge < -0.3 is 9.72 Å². The summed E-state index contributed by atoms with van der Waals surface area (Å²) in [7, 11) is 1.41. The van der Waals surface area contributed by atoms with Gasteiger partial charge in [-0.05, 0) is 50.7 Å². The van der Waals surface area contributed by atoms with Gasteiger partial charge in [0, 0.05) is 6.54 Å². The number of aromatic nitrogens is 2. The van der Waals surface area contributed by atoms with Crippen LogP contribution >= 0.6 is 0 Å². The first-order valence-corrected chi connectivity index (χ1v) is 8.31. The molecule has 3 rings (SSSR count). The number of nitrogens with zero attached hydrogens (tertiary/aromatic N) is 1. The van der Waals surface area contributed by atoms with E-state index in [-0.39, 0.29) is 29.1 Å². The Morgan fingerprint density at radius 3 is 2.62 bits per heavy atom. The van der Waals surface area contributed by atoms with E-state index in [1.54, 1.807) is 12.1 Å². The number of rotatable bonds is 3. The Kier molecular flexibility index (Phi) is 4.55. The average molecular weight is 330 g/mol. The number of fused-ring (bicyclic) bond motifs is 1. The molecule has 1 aromatic heterocycles. The highest BCUT2D eigenvalue weighted by Crippen LogP contribution is 2.30. The molecule has 24 heavy (non-hydrogen) atoms. The van der Waals surface area contributed by atoms with Crippen LogP contribution < -0.4 is 11.2 Å². The van der Waals surface area contributed by atoms with Gasteiger partial charge in [0.15, 0.2) is 0 Å². The molecular weight excluding hydrogens is 308 g/mol. The molecular formula is C18H22N2O4. The SMILES string of the molecule is COC(=O)[C@H]1CC[C@H](Cn2c(=O)[nH]c3ccc(C)cc3c2=O)CC1. The smallest absolute Gasteiger partial charge is 0.328 e. The molecule has 0 saturated heterocycles. The Hall–Kier alpha value is -2.37. The van der Waals surface area contributed by atoms with E-state index in [9.17, 15) is 14.4 Å². The molecule has 0 unspecified atom stereocenters. The van der Waals surface area contributed by atoms with Gasteiger partial charge in [-0.1, -0.05) is 11.6 Å². The Morgan fingerprint density at radius 2 is 1.96 bits per heavy atom. The summed E-state index contributed by atoms with van der Waals surface area (Å²) in [6.07, 6.45) is 3.13. The molecule has 0 bridgehead atoms. The Balaban J connectivity index is 1.82. The zero-order valence-electron chi connectivity index (χ0n) is 14.0. The van der Waals surface area contributed by atoms with Crippen molar-refractivity contribution in [3.63, 3.8) is 0 Å². The largest absolute Gasteiger partial charge is 0.469 e. The maximum atomic E-state index is 12.7. The van der Waals surface area contributed by atoms with Crippen molar-refractivity contribution in [1.29, 1.82) is 0 Å². The van der Waals surface area contributed by atoms with Crippen LogP contribution in [0.3, 0.4) is 0 Å². The van der Waals surface area contributed by atoms with Gasteiger partial charge in [0.1, 0.15) is 0 Å². The molecule has 0 radical (unpaired) electrons. The van der Waals surface area contributed by atoms with Crippen LogP contribution in [0.15, 0.2) is 27.8 Å². The molecule has 1 saturated carbocycles. The summed E-state index contributed by atoms with van der Waals surface area (Å²) in [6.45, 7) is 2.31. The third-order valence-corrected chi connectivity index (χ3v) is 4.96. The van der Waals surface area contributed by atoms with Crippen molar-refractivity contribution in [3.05, 3.63) is 44.6 Å². The van der Waals surface area contributed by atoms with Gasteiger partial charge in [-0.3, -0.25) is 14.2 Å². The molecule has 0 atom stereocenters. The van der Waals surface area contributed by atoms with E-state index in [0.717, 1.165) is 31.2 Å². The third-order valence-electron chi connectivity index (χ3n) is 4.96. The average Bonchev–Trinajstić information content (AvgIpc) is 2.59. The minimum atomic E-state index is -0.369. The second-order valence-corrected chi connectivity index (χ2v) is 6.64. The number of ether oxygens (including phenoxy) is 1. The quantitative estimate of drug-likeness (QED) is 0.873. The molecule has 0 aliphatic heterocycles. The fourth-order valence-corrected chi connectivity index (χ4v) is 3.54. The van der Waals surface area contributed by atoms with Crippen molar-refractivity contribution in [1.82, 2.24) is 9.55 Å². The van der Waals surface area contributed by atoms with Crippen molar-refractivity contribution in [2.45, 2.75) is 39.2 Å². The van der Waals surface area contributed by atoms with Crippen LogP contribution in [0.25, 0.3) is 10.9 Å². The van der Waals surface area contributed by atoms with E-state index in [0.29, 0.717) is 17.4 Å². The molecule has 1 aliphatic rings. The second-order valence-electron chi connectivity index (χ2n) is 6.64.